The normalized spacial score (nSPS) is 22.7. The van der Waals surface area contributed by atoms with Gasteiger partial charge in [0.1, 0.15) is 17.3 Å². The number of aliphatic hydroxyl groups is 1. The molecular formula is C24H25NO6. The van der Waals surface area contributed by atoms with Gasteiger partial charge in [0, 0.05) is 18.7 Å². The van der Waals surface area contributed by atoms with Crippen LogP contribution in [0.1, 0.15) is 30.0 Å². The molecule has 4 rings (SSSR count). The highest BCUT2D eigenvalue weighted by atomic mass is 16.5. The molecule has 1 N–H and O–H groups in total. The van der Waals surface area contributed by atoms with Crippen LogP contribution >= 0.6 is 0 Å². The van der Waals surface area contributed by atoms with Crippen LogP contribution in [0.25, 0.3) is 5.76 Å². The van der Waals surface area contributed by atoms with E-state index in [1.807, 2.05) is 6.07 Å². The molecule has 162 valence electrons. The summed E-state index contributed by atoms with van der Waals surface area (Å²) in [6.45, 7) is 0.927. The standard InChI is InChI=1S/C24H25NO6/c1-29-17-10-8-15(9-11-17)22(26)20-21(16-5-3-6-18(13-16)30-2)25(24(28)23(20)27)14-19-7-4-12-31-19/h3,5-6,8-11,13,19,21,26H,4,7,12,14H2,1-2H3/b22-20+/t19-,21-/m1/s1. The van der Waals surface area contributed by atoms with Crippen LogP contribution in [0, 0.1) is 0 Å². The molecule has 2 aromatic carbocycles. The first-order chi connectivity index (χ1) is 15.0. The second kappa shape index (κ2) is 8.81. The van der Waals surface area contributed by atoms with Gasteiger partial charge in [0.2, 0.25) is 0 Å². The highest BCUT2D eigenvalue weighted by molar-refractivity contribution is 6.46. The maximum absolute atomic E-state index is 13.1. The molecule has 0 aliphatic carbocycles. The lowest BCUT2D eigenvalue weighted by Crippen LogP contribution is -2.36. The highest BCUT2D eigenvalue weighted by Gasteiger charge is 2.47. The van der Waals surface area contributed by atoms with Crippen molar-refractivity contribution >= 4 is 17.4 Å². The van der Waals surface area contributed by atoms with E-state index in [1.54, 1.807) is 56.7 Å². The van der Waals surface area contributed by atoms with Crippen molar-refractivity contribution < 1.29 is 28.9 Å². The molecule has 0 radical (unpaired) electrons. The topological polar surface area (TPSA) is 85.3 Å². The summed E-state index contributed by atoms with van der Waals surface area (Å²) >= 11 is 0. The fourth-order valence-electron chi connectivity index (χ4n) is 4.14. The summed E-state index contributed by atoms with van der Waals surface area (Å²) in [5.41, 5.74) is 1.18. The quantitative estimate of drug-likeness (QED) is 0.436. The first-order valence-corrected chi connectivity index (χ1v) is 10.2. The number of amides is 1. The first kappa shape index (κ1) is 20.9. The van der Waals surface area contributed by atoms with E-state index < -0.39 is 17.7 Å². The number of Topliss-reactive ketones (excluding diaryl/α,β-unsaturated/α-hetero) is 1. The number of carbonyl (C=O) groups is 2. The molecular weight excluding hydrogens is 398 g/mol. The number of benzene rings is 2. The average molecular weight is 423 g/mol. The maximum Gasteiger partial charge on any atom is 0.295 e. The molecule has 1 amide bonds. The van der Waals surface area contributed by atoms with Gasteiger partial charge in [0.05, 0.1) is 31.9 Å². The zero-order valence-electron chi connectivity index (χ0n) is 17.5. The van der Waals surface area contributed by atoms with Crippen molar-refractivity contribution in [3.05, 3.63) is 65.2 Å². The number of ketones is 1. The lowest BCUT2D eigenvalue weighted by atomic mass is 9.95. The van der Waals surface area contributed by atoms with E-state index in [1.165, 1.54) is 4.90 Å². The van der Waals surface area contributed by atoms with Gasteiger partial charge in [-0.3, -0.25) is 9.59 Å². The van der Waals surface area contributed by atoms with Crippen LogP contribution < -0.4 is 9.47 Å². The third-order valence-corrected chi connectivity index (χ3v) is 5.74. The number of ether oxygens (including phenoxy) is 3. The Labute approximate surface area is 180 Å². The van der Waals surface area contributed by atoms with E-state index in [4.69, 9.17) is 14.2 Å². The molecule has 0 aromatic heterocycles. The Morgan fingerprint density at radius 3 is 2.48 bits per heavy atom. The molecule has 2 fully saturated rings. The van der Waals surface area contributed by atoms with Gasteiger partial charge >= 0.3 is 0 Å². The van der Waals surface area contributed by atoms with Crippen molar-refractivity contribution in [3.63, 3.8) is 0 Å². The molecule has 0 spiro atoms. The van der Waals surface area contributed by atoms with Crippen molar-refractivity contribution in [2.24, 2.45) is 0 Å². The Balaban J connectivity index is 1.81. The van der Waals surface area contributed by atoms with Crippen molar-refractivity contribution in [2.75, 3.05) is 27.4 Å². The molecule has 0 bridgehead atoms. The molecule has 2 atom stereocenters. The van der Waals surface area contributed by atoms with Crippen LogP contribution in [0.15, 0.2) is 54.1 Å². The van der Waals surface area contributed by atoms with Gasteiger partial charge in [-0.15, -0.1) is 0 Å². The third-order valence-electron chi connectivity index (χ3n) is 5.74. The zero-order chi connectivity index (χ0) is 22.0. The Morgan fingerprint density at radius 1 is 1.10 bits per heavy atom. The number of aliphatic hydroxyl groups excluding tert-OH is 1. The number of methoxy groups -OCH3 is 2. The molecule has 2 aromatic rings. The molecule has 2 aliphatic rings. The number of hydrogen-bond acceptors (Lipinski definition) is 6. The molecule has 2 aliphatic heterocycles. The Bertz CT molecular complexity index is 1010. The minimum absolute atomic E-state index is 0.0569. The summed E-state index contributed by atoms with van der Waals surface area (Å²) in [5.74, 6) is -0.342. The zero-order valence-corrected chi connectivity index (χ0v) is 17.5. The molecule has 0 saturated carbocycles. The molecule has 7 nitrogen and oxygen atoms in total. The molecule has 0 unspecified atom stereocenters. The number of rotatable bonds is 6. The van der Waals surface area contributed by atoms with Crippen LogP contribution in [0.3, 0.4) is 0 Å². The second-order valence-corrected chi connectivity index (χ2v) is 7.59. The van der Waals surface area contributed by atoms with Crippen LogP contribution in [-0.4, -0.2) is 55.2 Å². The van der Waals surface area contributed by atoms with E-state index in [9.17, 15) is 14.7 Å². The van der Waals surface area contributed by atoms with Gasteiger partial charge in [0.15, 0.2) is 0 Å². The predicted octanol–water partition coefficient (Wildman–Crippen LogP) is 3.30. The maximum atomic E-state index is 13.1. The van der Waals surface area contributed by atoms with E-state index in [0.717, 1.165) is 12.8 Å². The largest absolute Gasteiger partial charge is 0.507 e. The Hall–Kier alpha value is -3.32. The molecule has 7 heteroatoms. The number of hydrogen-bond donors (Lipinski definition) is 1. The first-order valence-electron chi connectivity index (χ1n) is 10.2. The summed E-state index contributed by atoms with van der Waals surface area (Å²) in [7, 11) is 3.11. The molecule has 2 heterocycles. The minimum Gasteiger partial charge on any atom is -0.507 e. The predicted molar refractivity (Wildman–Crippen MR) is 114 cm³/mol. The van der Waals surface area contributed by atoms with Gasteiger partial charge in [-0.1, -0.05) is 12.1 Å². The smallest absolute Gasteiger partial charge is 0.295 e. The van der Waals surface area contributed by atoms with E-state index in [-0.39, 0.29) is 24.0 Å². The van der Waals surface area contributed by atoms with Crippen molar-refractivity contribution in [1.82, 2.24) is 4.90 Å². The van der Waals surface area contributed by atoms with Crippen LogP contribution in [0.5, 0.6) is 11.5 Å². The van der Waals surface area contributed by atoms with Crippen LogP contribution in [-0.2, 0) is 14.3 Å². The lowest BCUT2D eigenvalue weighted by Gasteiger charge is -2.27. The summed E-state index contributed by atoms with van der Waals surface area (Å²) in [5, 5.41) is 11.1. The van der Waals surface area contributed by atoms with Crippen molar-refractivity contribution in [3.8, 4) is 11.5 Å². The Kier molecular flexibility index (Phi) is 5.95. The SMILES string of the molecule is COc1ccc(/C(O)=C2\C(=O)C(=O)N(C[C@H]3CCCO3)[C@@H]2c2cccc(OC)c2)cc1. The van der Waals surface area contributed by atoms with Gasteiger partial charge < -0.3 is 24.2 Å². The third kappa shape index (κ3) is 4.01. The fourth-order valence-corrected chi connectivity index (χ4v) is 4.14. The number of likely N-dealkylation sites (tertiary alicyclic amines) is 1. The van der Waals surface area contributed by atoms with Gasteiger partial charge in [-0.05, 0) is 54.8 Å². The Morgan fingerprint density at radius 2 is 1.84 bits per heavy atom. The van der Waals surface area contributed by atoms with Gasteiger partial charge in [0.25, 0.3) is 11.7 Å². The van der Waals surface area contributed by atoms with E-state index in [0.29, 0.717) is 29.2 Å². The molecule has 31 heavy (non-hydrogen) atoms. The average Bonchev–Trinajstić information content (AvgIpc) is 3.41. The van der Waals surface area contributed by atoms with E-state index >= 15 is 0 Å². The fraction of sp³-hybridized carbons (Fsp3) is 0.333. The summed E-state index contributed by atoms with van der Waals surface area (Å²) in [4.78, 5) is 27.6. The number of carbonyl (C=O) groups excluding carboxylic acids is 2. The van der Waals surface area contributed by atoms with Crippen LogP contribution in [0.4, 0.5) is 0 Å². The van der Waals surface area contributed by atoms with E-state index in [2.05, 4.69) is 0 Å². The van der Waals surface area contributed by atoms with Crippen molar-refractivity contribution in [2.45, 2.75) is 25.0 Å². The number of nitrogens with zero attached hydrogens (tertiary/aromatic N) is 1. The minimum atomic E-state index is -0.735. The van der Waals surface area contributed by atoms with Crippen LogP contribution in [0.2, 0.25) is 0 Å². The van der Waals surface area contributed by atoms with Crippen molar-refractivity contribution in [1.29, 1.82) is 0 Å². The summed E-state index contributed by atoms with van der Waals surface area (Å²) in [6.07, 6.45) is 1.61. The highest BCUT2D eigenvalue weighted by Crippen LogP contribution is 2.41. The molecule has 2 saturated heterocycles. The van der Waals surface area contributed by atoms with Gasteiger partial charge in [-0.25, -0.2) is 0 Å². The second-order valence-electron chi connectivity index (χ2n) is 7.59. The monoisotopic (exact) mass is 423 g/mol. The summed E-state index contributed by atoms with van der Waals surface area (Å²) in [6, 6.07) is 13.2. The van der Waals surface area contributed by atoms with Gasteiger partial charge in [-0.2, -0.15) is 0 Å². The lowest BCUT2D eigenvalue weighted by molar-refractivity contribution is -0.140. The summed E-state index contributed by atoms with van der Waals surface area (Å²) < 4.78 is 16.2.